The summed E-state index contributed by atoms with van der Waals surface area (Å²) in [7, 11) is 0. The van der Waals surface area contributed by atoms with Gasteiger partial charge in [0.2, 0.25) is 0 Å². The van der Waals surface area contributed by atoms with E-state index in [1.54, 1.807) is 0 Å². The Kier molecular flexibility index (Phi) is 4.17. The van der Waals surface area contributed by atoms with E-state index in [1.807, 2.05) is 41.3 Å². The lowest BCUT2D eigenvalue weighted by atomic mass is 10.1. The van der Waals surface area contributed by atoms with Crippen LogP contribution in [0.2, 0.25) is 0 Å². The van der Waals surface area contributed by atoms with E-state index >= 15 is 0 Å². The summed E-state index contributed by atoms with van der Waals surface area (Å²) >= 11 is 1.42. The minimum Gasteiger partial charge on any atom is -0.375 e. The smallest absolute Gasteiger partial charge is 0.254 e. The minimum absolute atomic E-state index is 0.0807. The predicted octanol–water partition coefficient (Wildman–Crippen LogP) is 4.32. The normalized spacial score (nSPS) is 15.2. The fourth-order valence-corrected chi connectivity index (χ4v) is 4.03. The van der Waals surface area contributed by atoms with Crippen molar-refractivity contribution in [3.8, 4) is 0 Å². The molecule has 128 valence electrons. The summed E-state index contributed by atoms with van der Waals surface area (Å²) in [5, 5.41) is 0.534. The molecule has 1 aliphatic carbocycles. The number of anilines is 1. The molecule has 4 nitrogen and oxygen atoms in total. The van der Waals surface area contributed by atoms with Crippen LogP contribution in [0.15, 0.2) is 48.5 Å². The van der Waals surface area contributed by atoms with Crippen LogP contribution < -0.4 is 5.73 Å². The van der Waals surface area contributed by atoms with Gasteiger partial charge in [0.25, 0.3) is 5.91 Å². The minimum atomic E-state index is 0.0807. The highest BCUT2D eigenvalue weighted by atomic mass is 32.1. The Hall–Kier alpha value is -2.40. The molecule has 2 N–H and O–H groups in total. The van der Waals surface area contributed by atoms with Gasteiger partial charge in [-0.3, -0.25) is 4.79 Å². The van der Waals surface area contributed by atoms with Crippen LogP contribution in [0, 0.1) is 5.92 Å². The maximum absolute atomic E-state index is 13.3. The number of carbonyl (C=O) groups is 1. The summed E-state index contributed by atoms with van der Waals surface area (Å²) < 4.78 is 0.960. The van der Waals surface area contributed by atoms with Crippen molar-refractivity contribution < 1.29 is 4.79 Å². The van der Waals surface area contributed by atoms with Gasteiger partial charge >= 0.3 is 0 Å². The summed E-state index contributed by atoms with van der Waals surface area (Å²) in [5.74, 6) is 0.701. The molecule has 0 radical (unpaired) electrons. The highest BCUT2D eigenvalue weighted by Gasteiger charge is 2.34. The summed E-state index contributed by atoms with van der Waals surface area (Å²) in [6, 6.07) is 16.1. The van der Waals surface area contributed by atoms with E-state index in [4.69, 9.17) is 5.73 Å². The fraction of sp³-hybridized carbons (Fsp3) is 0.300. The zero-order valence-corrected chi connectivity index (χ0v) is 15.0. The summed E-state index contributed by atoms with van der Waals surface area (Å²) in [5.41, 5.74) is 8.50. The van der Waals surface area contributed by atoms with Crippen molar-refractivity contribution in [3.05, 3.63) is 59.7 Å². The van der Waals surface area contributed by atoms with E-state index in [1.165, 1.54) is 24.2 Å². The van der Waals surface area contributed by atoms with Crippen molar-refractivity contribution in [1.29, 1.82) is 0 Å². The first-order valence-corrected chi connectivity index (χ1v) is 9.44. The molecule has 0 bridgehead atoms. The van der Waals surface area contributed by atoms with Crippen molar-refractivity contribution in [1.82, 2.24) is 9.88 Å². The number of nitrogens with zero attached hydrogens (tertiary/aromatic N) is 2. The second-order valence-electron chi connectivity index (χ2n) is 6.73. The monoisotopic (exact) mass is 351 g/mol. The van der Waals surface area contributed by atoms with Gasteiger partial charge in [0.1, 0.15) is 0 Å². The molecule has 0 aliphatic heterocycles. The van der Waals surface area contributed by atoms with Gasteiger partial charge in [-0.25, -0.2) is 4.98 Å². The number of thiazole rings is 1. The van der Waals surface area contributed by atoms with Crippen LogP contribution in [-0.2, 0) is 6.54 Å². The fourth-order valence-electron chi connectivity index (χ4n) is 3.26. The second kappa shape index (κ2) is 6.48. The van der Waals surface area contributed by atoms with Gasteiger partial charge in [0.15, 0.2) is 5.13 Å². The summed E-state index contributed by atoms with van der Waals surface area (Å²) in [6.45, 7) is 2.81. The van der Waals surface area contributed by atoms with Crippen molar-refractivity contribution in [2.75, 3.05) is 5.73 Å². The molecule has 4 rings (SSSR count). The third kappa shape index (κ3) is 3.37. The first-order chi connectivity index (χ1) is 12.1. The Balaban J connectivity index is 1.65. The largest absolute Gasteiger partial charge is 0.375 e. The van der Waals surface area contributed by atoms with E-state index in [0.717, 1.165) is 15.8 Å². The van der Waals surface area contributed by atoms with Gasteiger partial charge in [-0.2, -0.15) is 0 Å². The predicted molar refractivity (Wildman–Crippen MR) is 103 cm³/mol. The standard InChI is InChI=1S/C20H21N3OS/c1-13(15-7-8-15)23(12-14-5-3-2-4-6-14)19(24)16-9-10-17-18(11-16)25-20(21)22-17/h2-6,9-11,13,15H,7-8,12H2,1H3,(H2,21,22). The lowest BCUT2D eigenvalue weighted by Gasteiger charge is -2.30. The molecule has 1 heterocycles. The van der Waals surface area contributed by atoms with E-state index in [0.29, 0.717) is 23.2 Å². The van der Waals surface area contributed by atoms with Crippen LogP contribution in [0.25, 0.3) is 10.2 Å². The maximum atomic E-state index is 13.3. The Labute approximate surface area is 151 Å². The number of fused-ring (bicyclic) bond motifs is 1. The Morgan fingerprint density at radius 1 is 1.28 bits per heavy atom. The molecule has 1 unspecified atom stereocenters. The van der Waals surface area contributed by atoms with E-state index in [-0.39, 0.29) is 11.9 Å². The van der Waals surface area contributed by atoms with Gasteiger partial charge in [-0.1, -0.05) is 41.7 Å². The Morgan fingerprint density at radius 2 is 2.04 bits per heavy atom. The van der Waals surface area contributed by atoms with Crippen LogP contribution in [0.5, 0.6) is 0 Å². The highest BCUT2D eigenvalue weighted by Crippen LogP contribution is 2.36. The van der Waals surface area contributed by atoms with Gasteiger partial charge in [0, 0.05) is 18.2 Å². The number of benzene rings is 2. The van der Waals surface area contributed by atoms with Gasteiger partial charge < -0.3 is 10.6 Å². The van der Waals surface area contributed by atoms with Crippen LogP contribution in [-0.4, -0.2) is 21.8 Å². The zero-order chi connectivity index (χ0) is 17.4. The molecule has 25 heavy (non-hydrogen) atoms. The number of hydrogen-bond acceptors (Lipinski definition) is 4. The molecule has 0 spiro atoms. The third-order valence-electron chi connectivity index (χ3n) is 4.90. The van der Waals surface area contributed by atoms with Crippen LogP contribution in [0.1, 0.15) is 35.7 Å². The van der Waals surface area contributed by atoms with Crippen molar-refractivity contribution in [2.45, 2.75) is 32.4 Å². The van der Waals surface area contributed by atoms with Crippen LogP contribution in [0.4, 0.5) is 5.13 Å². The zero-order valence-electron chi connectivity index (χ0n) is 14.2. The van der Waals surface area contributed by atoms with Crippen molar-refractivity contribution in [2.24, 2.45) is 5.92 Å². The lowest BCUT2D eigenvalue weighted by Crippen LogP contribution is -2.39. The average molecular weight is 351 g/mol. The molecular formula is C20H21N3OS. The average Bonchev–Trinajstić information content (AvgIpc) is 3.40. The first-order valence-electron chi connectivity index (χ1n) is 8.63. The summed E-state index contributed by atoms with van der Waals surface area (Å²) in [6.07, 6.45) is 2.42. The molecule has 1 aliphatic rings. The van der Waals surface area contributed by atoms with E-state index in [2.05, 4.69) is 24.0 Å². The number of nitrogens with two attached hydrogens (primary N) is 1. The van der Waals surface area contributed by atoms with Gasteiger partial charge in [0.05, 0.1) is 10.2 Å². The molecule has 5 heteroatoms. The number of hydrogen-bond donors (Lipinski definition) is 1. The molecule has 2 aromatic carbocycles. The highest BCUT2D eigenvalue weighted by molar-refractivity contribution is 7.22. The van der Waals surface area contributed by atoms with Crippen molar-refractivity contribution >= 4 is 32.6 Å². The molecule has 0 saturated heterocycles. The molecule has 1 saturated carbocycles. The molecule has 1 atom stereocenters. The summed E-state index contributed by atoms with van der Waals surface area (Å²) in [4.78, 5) is 19.5. The Bertz CT molecular complexity index is 902. The number of rotatable bonds is 5. The first kappa shape index (κ1) is 16.1. The number of nitrogen functional groups attached to an aromatic ring is 1. The SMILES string of the molecule is CC(C1CC1)N(Cc1ccccc1)C(=O)c1ccc2nc(N)sc2c1. The number of aromatic nitrogens is 1. The van der Waals surface area contributed by atoms with Gasteiger partial charge in [-0.15, -0.1) is 0 Å². The van der Waals surface area contributed by atoms with Crippen LogP contribution >= 0.6 is 11.3 Å². The van der Waals surface area contributed by atoms with Crippen LogP contribution in [0.3, 0.4) is 0 Å². The quantitative estimate of drug-likeness (QED) is 0.745. The third-order valence-corrected chi connectivity index (χ3v) is 5.75. The van der Waals surface area contributed by atoms with Crippen molar-refractivity contribution in [3.63, 3.8) is 0 Å². The molecule has 1 amide bonds. The lowest BCUT2D eigenvalue weighted by molar-refractivity contribution is 0.0654. The Morgan fingerprint density at radius 3 is 2.76 bits per heavy atom. The topological polar surface area (TPSA) is 59.2 Å². The van der Waals surface area contributed by atoms with E-state index in [9.17, 15) is 4.79 Å². The van der Waals surface area contributed by atoms with Gasteiger partial charge in [-0.05, 0) is 49.4 Å². The molecule has 3 aromatic rings. The molecular weight excluding hydrogens is 330 g/mol. The second-order valence-corrected chi connectivity index (χ2v) is 7.79. The van der Waals surface area contributed by atoms with E-state index < -0.39 is 0 Å². The molecule has 1 aromatic heterocycles. The molecule has 1 fully saturated rings. The number of amides is 1. The maximum Gasteiger partial charge on any atom is 0.254 e. The number of carbonyl (C=O) groups excluding carboxylic acids is 1.